The zero-order chi connectivity index (χ0) is 19.7. The first-order valence-electron chi connectivity index (χ1n) is 8.54. The molecule has 146 valence electrons. The Morgan fingerprint density at radius 2 is 1.78 bits per heavy atom. The van der Waals surface area contributed by atoms with Crippen LogP contribution in [0.5, 0.6) is 0 Å². The van der Waals surface area contributed by atoms with Crippen molar-refractivity contribution < 1.29 is 30.3 Å². The van der Waals surface area contributed by atoms with Crippen molar-refractivity contribution >= 4 is 11.6 Å². The van der Waals surface area contributed by atoms with Crippen LogP contribution in [-0.4, -0.2) is 67.6 Å². The summed E-state index contributed by atoms with van der Waals surface area (Å²) in [6.45, 7) is 1.25. The number of aryl methyl sites for hydroxylation is 1. The summed E-state index contributed by atoms with van der Waals surface area (Å²) in [5.41, 5.74) is 2.99. The van der Waals surface area contributed by atoms with E-state index in [2.05, 4.69) is 4.98 Å². The molecule has 0 radical (unpaired) electrons. The molecule has 0 saturated carbocycles. The SMILES string of the molecule is Cc1cc(-c2ccnc(Cl)c2)ccc1C(O)[C@H]1OC(CO)C(O)C(O)C1O. The summed E-state index contributed by atoms with van der Waals surface area (Å²) in [5.74, 6) is 0. The number of rotatable bonds is 4. The molecule has 1 saturated heterocycles. The highest BCUT2D eigenvalue weighted by Crippen LogP contribution is 2.33. The molecule has 0 amide bonds. The molecular weight excluding hydrogens is 374 g/mol. The number of aliphatic hydroxyl groups is 5. The van der Waals surface area contributed by atoms with Gasteiger partial charge in [-0.2, -0.15) is 0 Å². The van der Waals surface area contributed by atoms with E-state index in [0.29, 0.717) is 10.7 Å². The Morgan fingerprint density at radius 1 is 1.07 bits per heavy atom. The molecule has 27 heavy (non-hydrogen) atoms. The monoisotopic (exact) mass is 395 g/mol. The van der Waals surface area contributed by atoms with Crippen LogP contribution in [0, 0.1) is 6.92 Å². The topological polar surface area (TPSA) is 123 Å². The first kappa shape index (κ1) is 20.2. The predicted molar refractivity (Wildman–Crippen MR) is 98.1 cm³/mol. The van der Waals surface area contributed by atoms with Crippen molar-refractivity contribution in [3.05, 3.63) is 52.8 Å². The summed E-state index contributed by atoms with van der Waals surface area (Å²) < 4.78 is 5.45. The van der Waals surface area contributed by atoms with E-state index < -0.39 is 43.2 Å². The van der Waals surface area contributed by atoms with Crippen LogP contribution in [0.1, 0.15) is 17.2 Å². The average Bonchev–Trinajstić information content (AvgIpc) is 2.66. The Kier molecular flexibility index (Phi) is 6.12. The smallest absolute Gasteiger partial charge is 0.129 e. The van der Waals surface area contributed by atoms with Crippen LogP contribution in [0.25, 0.3) is 11.1 Å². The first-order valence-corrected chi connectivity index (χ1v) is 8.92. The van der Waals surface area contributed by atoms with Gasteiger partial charge in [0, 0.05) is 6.20 Å². The Balaban J connectivity index is 1.87. The molecule has 1 aromatic carbocycles. The second-order valence-electron chi connectivity index (χ2n) is 6.68. The third-order valence-electron chi connectivity index (χ3n) is 4.89. The van der Waals surface area contributed by atoms with Crippen molar-refractivity contribution in [1.29, 1.82) is 0 Å². The summed E-state index contributed by atoms with van der Waals surface area (Å²) in [6.07, 6.45) is -6.42. The number of hydrogen-bond donors (Lipinski definition) is 5. The summed E-state index contributed by atoms with van der Waals surface area (Å²) in [4.78, 5) is 3.95. The summed E-state index contributed by atoms with van der Waals surface area (Å²) in [6, 6.07) is 8.89. The second-order valence-corrected chi connectivity index (χ2v) is 7.06. The van der Waals surface area contributed by atoms with Crippen LogP contribution in [0.3, 0.4) is 0 Å². The number of aromatic nitrogens is 1. The fourth-order valence-electron chi connectivity index (χ4n) is 3.34. The van der Waals surface area contributed by atoms with Crippen molar-refractivity contribution in [2.24, 2.45) is 0 Å². The molecule has 1 aliphatic rings. The fraction of sp³-hybridized carbons (Fsp3) is 0.421. The van der Waals surface area contributed by atoms with Crippen molar-refractivity contribution in [3.63, 3.8) is 0 Å². The standard InChI is InChI=1S/C19H22ClNO6/c1-9-6-10(11-4-5-21-14(20)7-11)2-3-12(9)15(23)19-18(26)17(25)16(24)13(8-22)27-19/h2-7,13,15-19,22-26H,8H2,1H3/t13?,15?,16?,17?,18?,19-/m1/s1. The van der Waals surface area contributed by atoms with E-state index in [1.54, 1.807) is 31.3 Å². The molecule has 7 nitrogen and oxygen atoms in total. The molecule has 5 unspecified atom stereocenters. The lowest BCUT2D eigenvalue weighted by Gasteiger charge is -2.42. The largest absolute Gasteiger partial charge is 0.394 e. The second kappa shape index (κ2) is 8.20. The van der Waals surface area contributed by atoms with Gasteiger partial charge in [-0.25, -0.2) is 4.98 Å². The minimum atomic E-state index is -1.53. The third-order valence-corrected chi connectivity index (χ3v) is 5.10. The highest BCUT2D eigenvalue weighted by atomic mass is 35.5. The van der Waals surface area contributed by atoms with Crippen LogP contribution in [0.15, 0.2) is 36.5 Å². The molecule has 5 N–H and O–H groups in total. The maximum atomic E-state index is 10.7. The van der Waals surface area contributed by atoms with E-state index in [1.807, 2.05) is 12.1 Å². The van der Waals surface area contributed by atoms with E-state index in [9.17, 15) is 25.5 Å². The molecule has 3 rings (SSSR count). The number of halogens is 1. The van der Waals surface area contributed by atoms with Gasteiger partial charge in [0.2, 0.25) is 0 Å². The van der Waals surface area contributed by atoms with Gasteiger partial charge in [-0.05, 0) is 41.3 Å². The maximum Gasteiger partial charge on any atom is 0.129 e. The third kappa shape index (κ3) is 4.00. The van der Waals surface area contributed by atoms with E-state index in [1.165, 1.54) is 0 Å². The van der Waals surface area contributed by atoms with Gasteiger partial charge < -0.3 is 30.3 Å². The number of nitrogens with zero attached hydrogens (tertiary/aromatic N) is 1. The predicted octanol–water partition coefficient (Wildman–Crippen LogP) is 0.586. The van der Waals surface area contributed by atoms with Crippen molar-refractivity contribution in [1.82, 2.24) is 4.98 Å². The van der Waals surface area contributed by atoms with Gasteiger partial charge in [0.05, 0.1) is 6.61 Å². The lowest BCUT2D eigenvalue weighted by atomic mass is 9.88. The summed E-state index contributed by atoms with van der Waals surface area (Å²) >= 11 is 5.93. The Labute approximate surface area is 161 Å². The quantitative estimate of drug-likeness (QED) is 0.480. The van der Waals surface area contributed by atoms with E-state index in [4.69, 9.17) is 16.3 Å². The van der Waals surface area contributed by atoms with Gasteiger partial charge in [0.1, 0.15) is 41.8 Å². The molecule has 1 aliphatic heterocycles. The van der Waals surface area contributed by atoms with Crippen molar-refractivity contribution in [2.75, 3.05) is 6.61 Å². The molecule has 1 fully saturated rings. The van der Waals surface area contributed by atoms with Gasteiger partial charge >= 0.3 is 0 Å². The molecule has 8 heteroatoms. The number of ether oxygens (including phenoxy) is 1. The van der Waals surface area contributed by atoms with Gasteiger partial charge in [-0.3, -0.25) is 0 Å². The molecule has 0 bridgehead atoms. The zero-order valence-electron chi connectivity index (χ0n) is 14.6. The summed E-state index contributed by atoms with van der Waals surface area (Å²) in [7, 11) is 0. The molecular formula is C19H22ClNO6. The lowest BCUT2D eigenvalue weighted by molar-refractivity contribution is -0.250. The van der Waals surface area contributed by atoms with Crippen molar-refractivity contribution in [3.8, 4) is 11.1 Å². The van der Waals surface area contributed by atoms with Gasteiger partial charge in [0.15, 0.2) is 0 Å². The molecule has 2 aromatic rings. The lowest BCUT2D eigenvalue weighted by Crippen LogP contribution is -2.59. The summed E-state index contributed by atoms with van der Waals surface area (Å²) in [5, 5.41) is 50.4. The number of pyridine rings is 1. The van der Waals surface area contributed by atoms with Gasteiger partial charge in [-0.15, -0.1) is 0 Å². The van der Waals surface area contributed by atoms with Gasteiger partial charge in [0.25, 0.3) is 0 Å². The molecule has 1 aromatic heterocycles. The van der Waals surface area contributed by atoms with Crippen LogP contribution in [0.4, 0.5) is 0 Å². The van der Waals surface area contributed by atoms with Crippen LogP contribution in [-0.2, 0) is 4.74 Å². The highest BCUT2D eigenvalue weighted by molar-refractivity contribution is 6.29. The fourth-order valence-corrected chi connectivity index (χ4v) is 3.51. The van der Waals surface area contributed by atoms with Crippen LogP contribution < -0.4 is 0 Å². The van der Waals surface area contributed by atoms with Crippen LogP contribution >= 0.6 is 11.6 Å². The molecule has 0 spiro atoms. The van der Waals surface area contributed by atoms with Crippen LogP contribution in [0.2, 0.25) is 5.15 Å². The maximum absolute atomic E-state index is 10.7. The van der Waals surface area contributed by atoms with E-state index in [-0.39, 0.29) is 0 Å². The minimum absolute atomic E-state index is 0.371. The average molecular weight is 396 g/mol. The minimum Gasteiger partial charge on any atom is -0.394 e. The zero-order valence-corrected chi connectivity index (χ0v) is 15.4. The normalized spacial score (nSPS) is 29.5. The van der Waals surface area contributed by atoms with Gasteiger partial charge in [-0.1, -0.05) is 29.8 Å². The van der Waals surface area contributed by atoms with E-state index in [0.717, 1.165) is 16.7 Å². The van der Waals surface area contributed by atoms with Crippen molar-refractivity contribution in [2.45, 2.75) is 43.5 Å². The number of aliphatic hydroxyl groups excluding tert-OH is 5. The molecule has 0 aliphatic carbocycles. The first-order chi connectivity index (χ1) is 12.8. The number of hydrogen-bond acceptors (Lipinski definition) is 7. The molecule has 6 atom stereocenters. The Morgan fingerprint density at radius 3 is 2.41 bits per heavy atom. The van der Waals surface area contributed by atoms with E-state index >= 15 is 0 Å². The highest BCUT2D eigenvalue weighted by Gasteiger charge is 2.46. The molecule has 2 heterocycles. The Hall–Kier alpha value is -1.58. The Bertz CT molecular complexity index is 802. The number of benzene rings is 1.